The van der Waals surface area contributed by atoms with E-state index >= 15 is 0 Å². The molecule has 2 unspecified atom stereocenters. The van der Waals surface area contributed by atoms with E-state index < -0.39 is 5.60 Å². The second-order valence-corrected chi connectivity index (χ2v) is 7.50. The highest BCUT2D eigenvalue weighted by atomic mass is 16.3. The van der Waals surface area contributed by atoms with Crippen molar-refractivity contribution in [1.29, 1.82) is 0 Å². The van der Waals surface area contributed by atoms with E-state index in [1.165, 1.54) is 44.1 Å². The maximum absolute atomic E-state index is 11.0. The number of allylic oxidation sites excluding steroid dienone is 1. The molecule has 1 fully saturated rings. The predicted molar refractivity (Wildman–Crippen MR) is 77.5 cm³/mol. The standard InChI is InChI=1S/C17H30O/c1-16(2,3)14-10-7-12-17(18,13-11-14)15-8-5-4-6-9-15/h8,14,18H,4-7,9-13H2,1-3H3. The van der Waals surface area contributed by atoms with Gasteiger partial charge in [-0.05, 0) is 74.7 Å². The van der Waals surface area contributed by atoms with Crippen LogP contribution in [-0.4, -0.2) is 10.7 Å². The zero-order valence-corrected chi connectivity index (χ0v) is 12.5. The normalized spacial score (nSPS) is 34.9. The minimum absolute atomic E-state index is 0.395. The Hall–Kier alpha value is -0.300. The molecule has 0 saturated heterocycles. The summed E-state index contributed by atoms with van der Waals surface area (Å²) in [4.78, 5) is 0. The van der Waals surface area contributed by atoms with Crippen molar-refractivity contribution in [3.05, 3.63) is 11.6 Å². The first-order chi connectivity index (χ1) is 8.42. The Balaban J connectivity index is 2.05. The molecule has 0 spiro atoms. The third kappa shape index (κ3) is 3.17. The van der Waals surface area contributed by atoms with Crippen molar-refractivity contribution in [2.24, 2.45) is 11.3 Å². The first-order valence-corrected chi connectivity index (χ1v) is 7.84. The van der Waals surface area contributed by atoms with Crippen LogP contribution in [0.4, 0.5) is 0 Å². The number of hydrogen-bond acceptors (Lipinski definition) is 1. The largest absolute Gasteiger partial charge is 0.386 e. The lowest BCUT2D eigenvalue weighted by molar-refractivity contribution is 0.0537. The fourth-order valence-electron chi connectivity index (χ4n) is 3.77. The van der Waals surface area contributed by atoms with E-state index in [4.69, 9.17) is 0 Å². The lowest BCUT2D eigenvalue weighted by Gasteiger charge is -2.33. The molecule has 1 nitrogen and oxygen atoms in total. The molecule has 0 bridgehead atoms. The van der Waals surface area contributed by atoms with Crippen molar-refractivity contribution >= 4 is 0 Å². The van der Waals surface area contributed by atoms with E-state index in [1.54, 1.807) is 0 Å². The number of aliphatic hydroxyl groups is 1. The van der Waals surface area contributed by atoms with Crippen molar-refractivity contribution in [3.63, 3.8) is 0 Å². The molecule has 1 heteroatoms. The molecule has 18 heavy (non-hydrogen) atoms. The third-order valence-corrected chi connectivity index (χ3v) is 5.16. The zero-order chi connectivity index (χ0) is 13.2. The molecule has 0 aromatic rings. The average molecular weight is 250 g/mol. The molecule has 1 saturated carbocycles. The summed E-state index contributed by atoms with van der Waals surface area (Å²) in [5, 5.41) is 11.0. The molecule has 2 rings (SSSR count). The van der Waals surface area contributed by atoms with Crippen LogP contribution < -0.4 is 0 Å². The van der Waals surface area contributed by atoms with Crippen LogP contribution in [0.25, 0.3) is 0 Å². The Morgan fingerprint density at radius 2 is 1.89 bits per heavy atom. The molecule has 0 radical (unpaired) electrons. The summed E-state index contributed by atoms with van der Waals surface area (Å²) in [6, 6.07) is 0. The summed E-state index contributed by atoms with van der Waals surface area (Å²) in [6.45, 7) is 7.05. The fourth-order valence-corrected chi connectivity index (χ4v) is 3.77. The van der Waals surface area contributed by atoms with Crippen LogP contribution >= 0.6 is 0 Å². The first kappa shape index (κ1) is 14.1. The van der Waals surface area contributed by atoms with Gasteiger partial charge < -0.3 is 5.11 Å². The Morgan fingerprint density at radius 3 is 2.50 bits per heavy atom. The van der Waals surface area contributed by atoms with Crippen molar-refractivity contribution in [2.75, 3.05) is 0 Å². The summed E-state index contributed by atoms with van der Waals surface area (Å²) in [6.07, 6.45) is 12.9. The van der Waals surface area contributed by atoms with Gasteiger partial charge in [0.1, 0.15) is 0 Å². The van der Waals surface area contributed by atoms with E-state index in [1.807, 2.05) is 0 Å². The molecular formula is C17H30O. The molecule has 0 heterocycles. The van der Waals surface area contributed by atoms with Crippen LogP contribution in [0.3, 0.4) is 0 Å². The van der Waals surface area contributed by atoms with Gasteiger partial charge in [0, 0.05) is 0 Å². The molecule has 2 atom stereocenters. The van der Waals surface area contributed by atoms with E-state index in [9.17, 15) is 5.11 Å². The Bertz CT molecular complexity index is 310. The maximum atomic E-state index is 11.0. The minimum Gasteiger partial charge on any atom is -0.386 e. The van der Waals surface area contributed by atoms with Gasteiger partial charge in [-0.1, -0.05) is 26.8 Å². The Kier molecular flexibility index (Phi) is 4.21. The van der Waals surface area contributed by atoms with Crippen LogP contribution in [-0.2, 0) is 0 Å². The average Bonchev–Trinajstić information content (AvgIpc) is 2.53. The smallest absolute Gasteiger partial charge is 0.0856 e. The van der Waals surface area contributed by atoms with Gasteiger partial charge in [0.2, 0.25) is 0 Å². The SMILES string of the molecule is CC(C)(C)C1CCCC(O)(C2=CCCCC2)CC1. The van der Waals surface area contributed by atoms with Gasteiger partial charge in [-0.3, -0.25) is 0 Å². The zero-order valence-electron chi connectivity index (χ0n) is 12.5. The number of rotatable bonds is 1. The lowest BCUT2D eigenvalue weighted by Crippen LogP contribution is -2.31. The van der Waals surface area contributed by atoms with Crippen LogP contribution in [0, 0.1) is 11.3 Å². The molecule has 2 aliphatic rings. The van der Waals surface area contributed by atoms with E-state index in [0.29, 0.717) is 5.41 Å². The molecule has 0 aromatic carbocycles. The van der Waals surface area contributed by atoms with E-state index in [-0.39, 0.29) is 0 Å². The molecule has 104 valence electrons. The summed E-state index contributed by atoms with van der Waals surface area (Å²) in [5.74, 6) is 0.774. The van der Waals surface area contributed by atoms with Crippen molar-refractivity contribution in [3.8, 4) is 0 Å². The molecule has 1 N–H and O–H groups in total. The summed E-state index contributed by atoms with van der Waals surface area (Å²) < 4.78 is 0. The Labute approximate surface area is 113 Å². The highest BCUT2D eigenvalue weighted by Gasteiger charge is 2.37. The topological polar surface area (TPSA) is 20.2 Å². The third-order valence-electron chi connectivity index (χ3n) is 5.16. The van der Waals surface area contributed by atoms with Gasteiger partial charge in [0.25, 0.3) is 0 Å². The summed E-state index contributed by atoms with van der Waals surface area (Å²) in [7, 11) is 0. The second kappa shape index (κ2) is 5.36. The molecular weight excluding hydrogens is 220 g/mol. The van der Waals surface area contributed by atoms with Gasteiger partial charge in [-0.15, -0.1) is 0 Å². The molecule has 0 aromatic heterocycles. The monoisotopic (exact) mass is 250 g/mol. The Morgan fingerprint density at radius 1 is 1.11 bits per heavy atom. The molecule has 0 amide bonds. The van der Waals surface area contributed by atoms with Gasteiger partial charge in [-0.2, -0.15) is 0 Å². The van der Waals surface area contributed by atoms with Gasteiger partial charge >= 0.3 is 0 Å². The maximum Gasteiger partial charge on any atom is 0.0856 e. The predicted octanol–water partition coefficient (Wildman–Crippen LogP) is 4.84. The van der Waals surface area contributed by atoms with Crippen LogP contribution in [0.15, 0.2) is 11.6 Å². The highest BCUT2D eigenvalue weighted by Crippen LogP contribution is 2.43. The van der Waals surface area contributed by atoms with Crippen LogP contribution in [0.5, 0.6) is 0 Å². The lowest BCUT2D eigenvalue weighted by atomic mass is 9.75. The minimum atomic E-state index is -0.458. The first-order valence-electron chi connectivity index (χ1n) is 7.84. The van der Waals surface area contributed by atoms with Crippen molar-refractivity contribution in [1.82, 2.24) is 0 Å². The van der Waals surface area contributed by atoms with E-state index in [0.717, 1.165) is 25.2 Å². The summed E-state index contributed by atoms with van der Waals surface area (Å²) >= 11 is 0. The van der Waals surface area contributed by atoms with Gasteiger partial charge in [0.05, 0.1) is 5.60 Å². The molecule has 2 aliphatic carbocycles. The van der Waals surface area contributed by atoms with Crippen LogP contribution in [0.2, 0.25) is 0 Å². The van der Waals surface area contributed by atoms with Crippen molar-refractivity contribution in [2.45, 2.75) is 84.2 Å². The quantitative estimate of drug-likeness (QED) is 0.521. The number of hydrogen-bond donors (Lipinski definition) is 1. The van der Waals surface area contributed by atoms with E-state index in [2.05, 4.69) is 26.8 Å². The van der Waals surface area contributed by atoms with Gasteiger partial charge in [-0.25, -0.2) is 0 Å². The fraction of sp³-hybridized carbons (Fsp3) is 0.882. The molecule has 0 aliphatic heterocycles. The summed E-state index contributed by atoms with van der Waals surface area (Å²) in [5.41, 5.74) is 1.30. The highest BCUT2D eigenvalue weighted by molar-refractivity contribution is 5.19. The van der Waals surface area contributed by atoms with Crippen molar-refractivity contribution < 1.29 is 5.11 Å². The van der Waals surface area contributed by atoms with Crippen LogP contribution in [0.1, 0.15) is 78.6 Å². The van der Waals surface area contributed by atoms with Gasteiger partial charge in [0.15, 0.2) is 0 Å². The second-order valence-electron chi connectivity index (χ2n) is 7.50.